The van der Waals surface area contributed by atoms with Crippen molar-refractivity contribution in [1.82, 2.24) is 5.32 Å². The lowest BCUT2D eigenvalue weighted by atomic mass is 10.0. The quantitative estimate of drug-likeness (QED) is 0.583. The van der Waals surface area contributed by atoms with E-state index in [1.54, 1.807) is 0 Å². The molecule has 2 heteroatoms. The molecular formula is C8H20N2. The van der Waals surface area contributed by atoms with E-state index in [4.69, 9.17) is 5.73 Å². The fraction of sp³-hybridized carbons (Fsp3) is 1.00. The van der Waals surface area contributed by atoms with Crippen LogP contribution in [0, 0.1) is 5.92 Å². The van der Waals surface area contributed by atoms with Gasteiger partial charge in [0.15, 0.2) is 0 Å². The summed E-state index contributed by atoms with van der Waals surface area (Å²) in [6.45, 7) is 4.15. The topological polar surface area (TPSA) is 38.0 Å². The van der Waals surface area contributed by atoms with Crippen LogP contribution in [0.3, 0.4) is 0 Å². The van der Waals surface area contributed by atoms with E-state index in [-0.39, 0.29) is 0 Å². The Morgan fingerprint density at radius 3 is 2.50 bits per heavy atom. The van der Waals surface area contributed by atoms with Crippen LogP contribution in [-0.2, 0) is 0 Å². The van der Waals surface area contributed by atoms with Gasteiger partial charge in [0, 0.05) is 0 Å². The van der Waals surface area contributed by atoms with Crippen LogP contribution in [0.5, 0.6) is 0 Å². The molecular weight excluding hydrogens is 124 g/mol. The highest BCUT2D eigenvalue weighted by Gasteiger charge is 2.02. The lowest BCUT2D eigenvalue weighted by Crippen LogP contribution is -2.19. The first-order valence-electron chi connectivity index (χ1n) is 4.19. The third-order valence-corrected chi connectivity index (χ3v) is 1.83. The van der Waals surface area contributed by atoms with Gasteiger partial charge in [0.1, 0.15) is 0 Å². The first kappa shape index (κ1) is 9.92. The van der Waals surface area contributed by atoms with Crippen molar-refractivity contribution < 1.29 is 0 Å². The minimum atomic E-state index is 0.734. The molecule has 10 heavy (non-hydrogen) atoms. The molecule has 0 saturated heterocycles. The van der Waals surface area contributed by atoms with Crippen LogP contribution in [-0.4, -0.2) is 20.1 Å². The van der Waals surface area contributed by atoms with Crippen LogP contribution in [0.2, 0.25) is 0 Å². The van der Waals surface area contributed by atoms with E-state index in [9.17, 15) is 0 Å². The van der Waals surface area contributed by atoms with Gasteiger partial charge >= 0.3 is 0 Å². The Labute approximate surface area is 64.2 Å². The van der Waals surface area contributed by atoms with Crippen molar-refractivity contribution in [2.75, 3.05) is 20.1 Å². The summed E-state index contributed by atoms with van der Waals surface area (Å²) in [7, 11) is 1.99. The van der Waals surface area contributed by atoms with E-state index in [1.807, 2.05) is 7.05 Å². The summed E-state index contributed by atoms with van der Waals surface area (Å²) in [6, 6.07) is 0. The number of rotatable bonds is 6. The highest BCUT2D eigenvalue weighted by Crippen LogP contribution is 2.07. The van der Waals surface area contributed by atoms with Gasteiger partial charge in [-0.2, -0.15) is 0 Å². The lowest BCUT2D eigenvalue weighted by Gasteiger charge is -2.12. The molecule has 0 radical (unpaired) electrons. The van der Waals surface area contributed by atoms with E-state index < -0.39 is 0 Å². The highest BCUT2D eigenvalue weighted by atomic mass is 14.8. The van der Waals surface area contributed by atoms with Crippen molar-refractivity contribution >= 4 is 0 Å². The minimum absolute atomic E-state index is 0.734. The molecule has 0 aromatic rings. The van der Waals surface area contributed by atoms with Crippen LogP contribution < -0.4 is 11.1 Å². The molecule has 0 heterocycles. The number of hydrogen-bond donors (Lipinski definition) is 2. The van der Waals surface area contributed by atoms with Crippen molar-refractivity contribution in [2.45, 2.75) is 26.2 Å². The fourth-order valence-corrected chi connectivity index (χ4v) is 1.14. The van der Waals surface area contributed by atoms with Gasteiger partial charge < -0.3 is 11.1 Å². The Morgan fingerprint density at radius 2 is 2.10 bits per heavy atom. The van der Waals surface area contributed by atoms with Crippen molar-refractivity contribution in [3.8, 4) is 0 Å². The van der Waals surface area contributed by atoms with Gasteiger partial charge in [-0.1, -0.05) is 13.3 Å². The average Bonchev–Trinajstić information content (AvgIpc) is 1.98. The van der Waals surface area contributed by atoms with Gasteiger partial charge in [0.05, 0.1) is 0 Å². The van der Waals surface area contributed by atoms with Gasteiger partial charge in [-0.25, -0.2) is 0 Å². The zero-order valence-electron chi connectivity index (χ0n) is 7.19. The predicted octanol–water partition coefficient (Wildman–Crippen LogP) is 0.971. The Kier molecular flexibility index (Phi) is 6.98. The summed E-state index contributed by atoms with van der Waals surface area (Å²) in [6.07, 6.45) is 3.75. The van der Waals surface area contributed by atoms with E-state index in [0.717, 1.165) is 19.0 Å². The molecule has 1 atom stereocenters. The first-order chi connectivity index (χ1) is 4.85. The van der Waals surface area contributed by atoms with E-state index in [1.165, 1.54) is 19.3 Å². The van der Waals surface area contributed by atoms with Gasteiger partial charge in [-0.3, -0.25) is 0 Å². The van der Waals surface area contributed by atoms with Crippen LogP contribution in [0.1, 0.15) is 26.2 Å². The Bertz CT molecular complexity index is 64.3. The summed E-state index contributed by atoms with van der Waals surface area (Å²) < 4.78 is 0. The molecule has 0 bridgehead atoms. The zero-order chi connectivity index (χ0) is 7.82. The third kappa shape index (κ3) is 4.77. The fourth-order valence-electron chi connectivity index (χ4n) is 1.14. The van der Waals surface area contributed by atoms with Gasteiger partial charge in [-0.05, 0) is 38.9 Å². The molecule has 0 saturated carbocycles. The minimum Gasteiger partial charge on any atom is -0.330 e. The molecule has 0 aliphatic heterocycles. The second-order valence-electron chi connectivity index (χ2n) is 2.78. The molecule has 0 spiro atoms. The normalized spacial score (nSPS) is 13.5. The van der Waals surface area contributed by atoms with E-state index in [0.29, 0.717) is 0 Å². The Morgan fingerprint density at radius 1 is 1.40 bits per heavy atom. The zero-order valence-corrected chi connectivity index (χ0v) is 7.19. The van der Waals surface area contributed by atoms with Crippen molar-refractivity contribution in [3.63, 3.8) is 0 Å². The lowest BCUT2D eigenvalue weighted by molar-refractivity contribution is 0.448. The summed E-state index contributed by atoms with van der Waals surface area (Å²) in [5.41, 5.74) is 5.57. The molecule has 1 unspecified atom stereocenters. The summed E-state index contributed by atoms with van der Waals surface area (Å²) in [4.78, 5) is 0. The molecule has 2 nitrogen and oxygen atoms in total. The highest BCUT2D eigenvalue weighted by molar-refractivity contribution is 4.59. The third-order valence-electron chi connectivity index (χ3n) is 1.83. The van der Waals surface area contributed by atoms with Crippen LogP contribution in [0.15, 0.2) is 0 Å². The van der Waals surface area contributed by atoms with E-state index in [2.05, 4.69) is 12.2 Å². The second-order valence-corrected chi connectivity index (χ2v) is 2.78. The van der Waals surface area contributed by atoms with E-state index >= 15 is 0 Å². The summed E-state index contributed by atoms with van der Waals surface area (Å²) in [5, 5.41) is 3.14. The molecule has 0 aromatic heterocycles. The second kappa shape index (κ2) is 7.03. The monoisotopic (exact) mass is 144 g/mol. The molecule has 0 aliphatic carbocycles. The van der Waals surface area contributed by atoms with Crippen molar-refractivity contribution in [1.29, 1.82) is 0 Å². The van der Waals surface area contributed by atoms with Crippen molar-refractivity contribution in [3.05, 3.63) is 0 Å². The molecule has 62 valence electrons. The van der Waals surface area contributed by atoms with Crippen molar-refractivity contribution in [2.24, 2.45) is 11.7 Å². The summed E-state index contributed by atoms with van der Waals surface area (Å²) in [5.74, 6) is 0.734. The molecule has 0 aromatic carbocycles. The maximum absolute atomic E-state index is 5.57. The molecule has 0 aliphatic rings. The Balaban J connectivity index is 3.21. The van der Waals surface area contributed by atoms with Gasteiger partial charge in [0.2, 0.25) is 0 Å². The smallest absolute Gasteiger partial charge is 0.00484 e. The first-order valence-corrected chi connectivity index (χ1v) is 4.19. The van der Waals surface area contributed by atoms with Crippen LogP contribution in [0.4, 0.5) is 0 Å². The van der Waals surface area contributed by atoms with Crippen LogP contribution >= 0.6 is 0 Å². The molecule has 0 fully saturated rings. The molecule has 0 amide bonds. The number of nitrogens with one attached hydrogen (secondary N) is 1. The maximum atomic E-state index is 5.57. The SMILES string of the molecule is CCCC(CN)CCNC. The Hall–Kier alpha value is -0.0800. The largest absolute Gasteiger partial charge is 0.330 e. The van der Waals surface area contributed by atoms with Crippen LogP contribution in [0.25, 0.3) is 0 Å². The van der Waals surface area contributed by atoms with Gasteiger partial charge in [0.25, 0.3) is 0 Å². The number of hydrogen-bond acceptors (Lipinski definition) is 2. The maximum Gasteiger partial charge on any atom is -0.00484 e. The number of nitrogens with two attached hydrogens (primary N) is 1. The molecule has 3 N–H and O–H groups in total. The standard InChI is InChI=1S/C8H20N2/c1-3-4-8(7-9)5-6-10-2/h8,10H,3-7,9H2,1-2H3. The molecule has 0 rings (SSSR count). The van der Waals surface area contributed by atoms with Gasteiger partial charge in [-0.15, -0.1) is 0 Å². The predicted molar refractivity (Wildman–Crippen MR) is 46.0 cm³/mol. The summed E-state index contributed by atoms with van der Waals surface area (Å²) >= 11 is 0. The average molecular weight is 144 g/mol.